The molecule has 1 atom stereocenters. The van der Waals surface area contributed by atoms with Gasteiger partial charge in [0.2, 0.25) is 10.0 Å². The van der Waals surface area contributed by atoms with Gasteiger partial charge in [0.1, 0.15) is 11.4 Å². The number of amides is 1. The molecule has 2 N–H and O–H groups in total. The number of benzene rings is 2. The fourth-order valence-electron chi connectivity index (χ4n) is 3.03. The smallest absolute Gasteiger partial charge is 0.417 e. The Balaban J connectivity index is 1.81. The third kappa shape index (κ3) is 5.69. The normalized spacial score (nSPS) is 12.9. The number of carbonyl (C=O) groups is 1. The summed E-state index contributed by atoms with van der Waals surface area (Å²) in [4.78, 5) is 12.5. The monoisotopic (exact) mass is 488 g/mol. The molecule has 3 aromatic rings. The van der Waals surface area contributed by atoms with E-state index in [9.17, 15) is 35.2 Å². The first-order valence-corrected chi connectivity index (χ1v) is 11.2. The molecule has 0 unspecified atom stereocenters. The standard InChI is InChI=1S/C21H17F5N2O4S/c1-11(12-9-15(22)19(16(23)10-12)28-33(2,30)31)27-20(29)18-8-7-17(32-18)13-5-3-4-6-14(13)21(24,25)26/h3-11,28H,1-2H3,(H,27,29)/t11-/m1/s1. The van der Waals surface area contributed by atoms with Crippen molar-refractivity contribution in [3.05, 3.63) is 77.1 Å². The lowest BCUT2D eigenvalue weighted by molar-refractivity contribution is -0.137. The molecule has 0 radical (unpaired) electrons. The molecule has 0 bridgehead atoms. The van der Waals surface area contributed by atoms with Gasteiger partial charge in [0.15, 0.2) is 17.4 Å². The Morgan fingerprint density at radius 3 is 2.21 bits per heavy atom. The first-order chi connectivity index (χ1) is 15.3. The van der Waals surface area contributed by atoms with Gasteiger partial charge in [-0.2, -0.15) is 13.2 Å². The van der Waals surface area contributed by atoms with Crippen LogP contribution in [0.25, 0.3) is 11.3 Å². The summed E-state index contributed by atoms with van der Waals surface area (Å²) in [5.41, 5.74) is -2.07. The number of alkyl halides is 3. The second-order valence-corrected chi connectivity index (χ2v) is 8.88. The van der Waals surface area contributed by atoms with E-state index in [1.165, 1.54) is 37.3 Å². The summed E-state index contributed by atoms with van der Waals surface area (Å²) >= 11 is 0. The molecule has 0 aliphatic carbocycles. The van der Waals surface area contributed by atoms with Crippen LogP contribution in [0.5, 0.6) is 0 Å². The van der Waals surface area contributed by atoms with Crippen LogP contribution in [0.3, 0.4) is 0 Å². The van der Waals surface area contributed by atoms with Crippen LogP contribution < -0.4 is 10.0 Å². The summed E-state index contributed by atoms with van der Waals surface area (Å²) in [6.07, 6.45) is -3.90. The van der Waals surface area contributed by atoms with E-state index < -0.39 is 51.0 Å². The van der Waals surface area contributed by atoms with Crippen molar-refractivity contribution in [1.29, 1.82) is 0 Å². The highest BCUT2D eigenvalue weighted by Gasteiger charge is 2.34. The van der Waals surface area contributed by atoms with Gasteiger partial charge in [0.05, 0.1) is 17.9 Å². The van der Waals surface area contributed by atoms with Crippen molar-refractivity contribution < 1.29 is 39.6 Å². The minimum absolute atomic E-state index is 0.0217. The Morgan fingerprint density at radius 2 is 1.64 bits per heavy atom. The van der Waals surface area contributed by atoms with Crippen LogP contribution in [0.4, 0.5) is 27.6 Å². The third-order valence-electron chi connectivity index (χ3n) is 4.53. The second-order valence-electron chi connectivity index (χ2n) is 7.14. The highest BCUT2D eigenvalue weighted by molar-refractivity contribution is 7.92. The molecule has 0 saturated carbocycles. The van der Waals surface area contributed by atoms with E-state index in [1.807, 2.05) is 0 Å². The first-order valence-electron chi connectivity index (χ1n) is 9.30. The predicted octanol–water partition coefficient (Wildman–Crippen LogP) is 5.11. The molecule has 0 aliphatic heterocycles. The molecule has 0 aliphatic rings. The van der Waals surface area contributed by atoms with Crippen molar-refractivity contribution in [3.8, 4) is 11.3 Å². The Morgan fingerprint density at radius 1 is 1.03 bits per heavy atom. The van der Waals surface area contributed by atoms with E-state index in [0.29, 0.717) is 0 Å². The van der Waals surface area contributed by atoms with E-state index in [4.69, 9.17) is 4.42 Å². The van der Waals surface area contributed by atoms with Crippen molar-refractivity contribution >= 4 is 21.6 Å². The maximum Gasteiger partial charge on any atom is 0.417 e. The van der Waals surface area contributed by atoms with Crippen molar-refractivity contribution in [3.63, 3.8) is 0 Å². The average molecular weight is 488 g/mol. The number of hydrogen-bond donors (Lipinski definition) is 2. The molecule has 1 amide bonds. The molecule has 176 valence electrons. The zero-order valence-electron chi connectivity index (χ0n) is 17.1. The second kappa shape index (κ2) is 8.85. The molecular weight excluding hydrogens is 471 g/mol. The Hall–Kier alpha value is -3.41. The van der Waals surface area contributed by atoms with E-state index in [2.05, 4.69) is 5.32 Å². The van der Waals surface area contributed by atoms with Gasteiger partial charge in [-0.15, -0.1) is 0 Å². The van der Waals surface area contributed by atoms with Crippen molar-refractivity contribution in [2.75, 3.05) is 11.0 Å². The molecule has 2 aromatic carbocycles. The Labute approximate surface area is 185 Å². The molecule has 3 rings (SSSR count). The predicted molar refractivity (Wildman–Crippen MR) is 110 cm³/mol. The molecule has 33 heavy (non-hydrogen) atoms. The average Bonchev–Trinajstić information content (AvgIpc) is 3.19. The van der Waals surface area contributed by atoms with Crippen molar-refractivity contribution in [2.45, 2.75) is 19.1 Å². The number of sulfonamides is 1. The van der Waals surface area contributed by atoms with E-state index in [1.54, 1.807) is 4.72 Å². The number of nitrogens with one attached hydrogen (secondary N) is 2. The summed E-state index contributed by atoms with van der Waals surface area (Å²) < 4.78 is 97.5. The lowest BCUT2D eigenvalue weighted by Gasteiger charge is -2.16. The molecular formula is C21H17F5N2O4S. The maximum atomic E-state index is 14.2. The van der Waals surface area contributed by atoms with Crippen LogP contribution in [0.2, 0.25) is 0 Å². The third-order valence-corrected chi connectivity index (χ3v) is 5.10. The largest absolute Gasteiger partial charge is 0.451 e. The highest BCUT2D eigenvalue weighted by atomic mass is 32.2. The Bertz CT molecular complexity index is 1280. The van der Waals surface area contributed by atoms with Crippen LogP contribution >= 0.6 is 0 Å². The van der Waals surface area contributed by atoms with Gasteiger partial charge in [-0.3, -0.25) is 9.52 Å². The van der Waals surface area contributed by atoms with Gasteiger partial charge in [0, 0.05) is 5.56 Å². The first kappa shape index (κ1) is 24.2. The number of rotatable bonds is 6. The summed E-state index contributed by atoms with van der Waals surface area (Å²) in [6.45, 7) is 1.40. The highest BCUT2D eigenvalue weighted by Crippen LogP contribution is 2.37. The minimum atomic E-state index is -4.63. The van der Waals surface area contributed by atoms with Gasteiger partial charge < -0.3 is 9.73 Å². The fourth-order valence-corrected chi connectivity index (χ4v) is 3.59. The van der Waals surface area contributed by atoms with Crippen LogP contribution in [-0.2, 0) is 16.2 Å². The molecule has 1 heterocycles. The van der Waals surface area contributed by atoms with E-state index in [0.717, 1.165) is 24.5 Å². The lowest BCUT2D eigenvalue weighted by atomic mass is 10.1. The molecule has 12 heteroatoms. The molecule has 6 nitrogen and oxygen atoms in total. The number of hydrogen-bond acceptors (Lipinski definition) is 4. The number of carbonyl (C=O) groups excluding carboxylic acids is 1. The van der Waals surface area contributed by atoms with Crippen LogP contribution in [0, 0.1) is 11.6 Å². The van der Waals surface area contributed by atoms with Gasteiger partial charge in [-0.1, -0.05) is 18.2 Å². The summed E-state index contributed by atoms with van der Waals surface area (Å²) in [6, 6.07) is 7.79. The van der Waals surface area contributed by atoms with E-state index in [-0.39, 0.29) is 22.6 Å². The zero-order chi connectivity index (χ0) is 24.6. The number of anilines is 1. The quantitative estimate of drug-likeness (QED) is 0.473. The van der Waals surface area contributed by atoms with E-state index >= 15 is 0 Å². The topological polar surface area (TPSA) is 88.4 Å². The summed E-state index contributed by atoms with van der Waals surface area (Å²) in [7, 11) is -3.93. The van der Waals surface area contributed by atoms with Gasteiger partial charge in [-0.05, 0) is 42.8 Å². The number of halogens is 5. The van der Waals surface area contributed by atoms with Crippen LogP contribution in [-0.4, -0.2) is 20.6 Å². The molecule has 0 fully saturated rings. The molecule has 0 saturated heterocycles. The van der Waals surface area contributed by atoms with Crippen molar-refractivity contribution in [1.82, 2.24) is 5.32 Å². The maximum absolute atomic E-state index is 14.2. The van der Waals surface area contributed by atoms with Crippen LogP contribution in [0.1, 0.15) is 34.6 Å². The van der Waals surface area contributed by atoms with Gasteiger partial charge in [0.25, 0.3) is 5.91 Å². The van der Waals surface area contributed by atoms with Crippen LogP contribution in [0.15, 0.2) is 52.9 Å². The van der Waals surface area contributed by atoms with Gasteiger partial charge >= 0.3 is 6.18 Å². The lowest BCUT2D eigenvalue weighted by Crippen LogP contribution is -2.26. The fraction of sp³-hybridized carbons (Fsp3) is 0.190. The molecule has 1 aromatic heterocycles. The van der Waals surface area contributed by atoms with Gasteiger partial charge in [-0.25, -0.2) is 17.2 Å². The zero-order valence-corrected chi connectivity index (χ0v) is 17.9. The molecule has 0 spiro atoms. The summed E-state index contributed by atoms with van der Waals surface area (Å²) in [5, 5.41) is 2.42. The minimum Gasteiger partial charge on any atom is -0.451 e. The SMILES string of the molecule is C[C@@H](NC(=O)c1ccc(-c2ccccc2C(F)(F)F)o1)c1cc(F)c(NS(C)(=O)=O)c(F)c1. The Kier molecular flexibility index (Phi) is 6.50. The van der Waals surface area contributed by atoms with Crippen molar-refractivity contribution in [2.24, 2.45) is 0 Å². The number of furan rings is 1. The summed E-state index contributed by atoms with van der Waals surface area (Å²) in [5.74, 6) is -3.72.